The van der Waals surface area contributed by atoms with Crippen LogP contribution in [0.5, 0.6) is 11.5 Å². The minimum absolute atomic E-state index is 0.299. The smallest absolute Gasteiger partial charge is 0.421 e. The Bertz CT molecular complexity index is 862. The van der Waals surface area contributed by atoms with Crippen LogP contribution in [0.3, 0.4) is 0 Å². The van der Waals surface area contributed by atoms with Gasteiger partial charge in [-0.3, -0.25) is 9.59 Å². The molecule has 0 aliphatic rings. The summed E-state index contributed by atoms with van der Waals surface area (Å²) in [5.74, 6) is 0.198. The summed E-state index contributed by atoms with van der Waals surface area (Å²) in [6, 6.07) is 6.57. The maximum absolute atomic E-state index is 12.8. The molecule has 0 aliphatic carbocycles. The SMILES string of the molecule is CCOc1ccc(OCC)c(NC(=O)Cn2cccc(C(F)(F)F)c2=O)c1. The van der Waals surface area contributed by atoms with E-state index in [0.717, 1.165) is 12.3 Å². The number of nitrogens with zero attached hydrogens (tertiary/aromatic N) is 1. The molecule has 0 bridgehead atoms. The van der Waals surface area contributed by atoms with Crippen molar-refractivity contribution in [3.63, 3.8) is 0 Å². The fraction of sp³-hybridized carbons (Fsp3) is 0.333. The van der Waals surface area contributed by atoms with Crippen LogP contribution in [0.4, 0.5) is 18.9 Å². The fourth-order valence-corrected chi connectivity index (χ4v) is 2.37. The summed E-state index contributed by atoms with van der Waals surface area (Å²) in [4.78, 5) is 24.2. The van der Waals surface area contributed by atoms with E-state index in [2.05, 4.69) is 5.32 Å². The van der Waals surface area contributed by atoms with Crippen LogP contribution in [0.2, 0.25) is 0 Å². The summed E-state index contributed by atoms with van der Waals surface area (Å²) in [5.41, 5.74) is -2.31. The van der Waals surface area contributed by atoms with Crippen LogP contribution in [0.1, 0.15) is 19.4 Å². The van der Waals surface area contributed by atoms with E-state index in [1.54, 1.807) is 32.0 Å². The molecule has 0 radical (unpaired) electrons. The third-order valence-electron chi connectivity index (χ3n) is 3.48. The number of halogens is 3. The Kier molecular flexibility index (Phi) is 6.49. The highest BCUT2D eigenvalue weighted by atomic mass is 19.4. The average Bonchev–Trinajstić information content (AvgIpc) is 2.58. The quantitative estimate of drug-likeness (QED) is 0.795. The van der Waals surface area contributed by atoms with Gasteiger partial charge in [-0.1, -0.05) is 0 Å². The molecule has 1 heterocycles. The lowest BCUT2D eigenvalue weighted by atomic mass is 10.2. The molecule has 1 amide bonds. The zero-order valence-electron chi connectivity index (χ0n) is 14.8. The number of ether oxygens (including phenoxy) is 2. The number of amides is 1. The maximum Gasteiger partial charge on any atom is 0.421 e. The van der Waals surface area contributed by atoms with Gasteiger partial charge >= 0.3 is 6.18 Å². The number of hydrogen-bond acceptors (Lipinski definition) is 4. The van der Waals surface area contributed by atoms with Crippen LogP contribution >= 0.6 is 0 Å². The predicted octanol–water partition coefficient (Wildman–Crippen LogP) is 3.30. The number of carbonyl (C=O) groups is 1. The minimum atomic E-state index is -4.79. The first-order valence-electron chi connectivity index (χ1n) is 8.22. The van der Waals surface area contributed by atoms with Crippen molar-refractivity contribution < 1.29 is 27.4 Å². The van der Waals surface area contributed by atoms with Crippen LogP contribution < -0.4 is 20.3 Å². The second-order valence-electron chi connectivity index (χ2n) is 5.42. The first kappa shape index (κ1) is 20.3. The van der Waals surface area contributed by atoms with E-state index in [1.165, 1.54) is 0 Å². The van der Waals surface area contributed by atoms with Crippen molar-refractivity contribution in [3.8, 4) is 11.5 Å². The molecule has 0 aliphatic heterocycles. The van der Waals surface area contributed by atoms with Gasteiger partial charge < -0.3 is 19.4 Å². The molecule has 2 rings (SSSR count). The van der Waals surface area contributed by atoms with E-state index >= 15 is 0 Å². The van der Waals surface area contributed by atoms with E-state index in [4.69, 9.17) is 9.47 Å². The van der Waals surface area contributed by atoms with Crippen molar-refractivity contribution >= 4 is 11.6 Å². The average molecular weight is 384 g/mol. The molecule has 1 aromatic carbocycles. The molecule has 2 aromatic rings. The van der Waals surface area contributed by atoms with Crippen molar-refractivity contribution in [2.24, 2.45) is 0 Å². The largest absolute Gasteiger partial charge is 0.494 e. The highest BCUT2D eigenvalue weighted by Gasteiger charge is 2.34. The van der Waals surface area contributed by atoms with Crippen LogP contribution in [0.15, 0.2) is 41.3 Å². The van der Waals surface area contributed by atoms with Gasteiger partial charge in [0.2, 0.25) is 5.91 Å². The molecule has 0 saturated heterocycles. The first-order chi connectivity index (χ1) is 12.8. The van der Waals surface area contributed by atoms with E-state index in [1.807, 2.05) is 0 Å². The summed E-state index contributed by atoms with van der Waals surface area (Å²) >= 11 is 0. The summed E-state index contributed by atoms with van der Waals surface area (Å²) in [6.45, 7) is 3.76. The third kappa shape index (κ3) is 5.25. The first-order valence-corrected chi connectivity index (χ1v) is 8.22. The Labute approximate surface area is 153 Å². The Morgan fingerprint density at radius 1 is 1.15 bits per heavy atom. The van der Waals surface area contributed by atoms with Crippen LogP contribution in [-0.4, -0.2) is 23.7 Å². The van der Waals surface area contributed by atoms with E-state index in [9.17, 15) is 22.8 Å². The maximum atomic E-state index is 12.8. The molecule has 0 fully saturated rings. The Hall–Kier alpha value is -2.97. The van der Waals surface area contributed by atoms with Gasteiger partial charge in [0.25, 0.3) is 5.56 Å². The molecule has 0 unspecified atom stereocenters. The molecule has 0 atom stereocenters. The van der Waals surface area contributed by atoms with Crippen LogP contribution in [0, 0.1) is 0 Å². The van der Waals surface area contributed by atoms with Gasteiger partial charge in [-0.25, -0.2) is 0 Å². The minimum Gasteiger partial charge on any atom is -0.494 e. The van der Waals surface area contributed by atoms with Crippen molar-refractivity contribution in [1.82, 2.24) is 4.57 Å². The third-order valence-corrected chi connectivity index (χ3v) is 3.48. The van der Waals surface area contributed by atoms with Gasteiger partial charge in [0.05, 0.1) is 18.9 Å². The van der Waals surface area contributed by atoms with Crippen molar-refractivity contribution in [3.05, 3.63) is 52.4 Å². The zero-order chi connectivity index (χ0) is 20.0. The lowest BCUT2D eigenvalue weighted by molar-refractivity contribution is -0.139. The van der Waals surface area contributed by atoms with Crippen LogP contribution in [-0.2, 0) is 17.5 Å². The standard InChI is InChI=1S/C18H19F3N2O4/c1-3-26-12-7-8-15(27-4-2)14(10-12)22-16(24)11-23-9-5-6-13(17(23)25)18(19,20)21/h5-10H,3-4,11H2,1-2H3,(H,22,24). The summed E-state index contributed by atoms with van der Waals surface area (Å²) < 4.78 is 50.0. The summed E-state index contributed by atoms with van der Waals surface area (Å²) in [5, 5.41) is 2.54. The number of alkyl halides is 3. The second-order valence-corrected chi connectivity index (χ2v) is 5.42. The molecule has 6 nitrogen and oxygen atoms in total. The van der Waals surface area contributed by atoms with Crippen molar-refractivity contribution in [2.75, 3.05) is 18.5 Å². The molecule has 9 heteroatoms. The summed E-state index contributed by atoms with van der Waals surface area (Å²) in [6.07, 6.45) is -3.66. The predicted molar refractivity (Wildman–Crippen MR) is 93.1 cm³/mol. The Balaban J connectivity index is 2.23. The number of carbonyl (C=O) groups excluding carboxylic acids is 1. The molecule has 1 N–H and O–H groups in total. The Morgan fingerprint density at radius 2 is 1.85 bits per heavy atom. The monoisotopic (exact) mass is 384 g/mol. The Morgan fingerprint density at radius 3 is 2.48 bits per heavy atom. The van der Waals surface area contributed by atoms with Gasteiger partial charge in [0, 0.05) is 12.3 Å². The number of anilines is 1. The molecular formula is C18H19F3N2O4. The van der Waals surface area contributed by atoms with Crippen LogP contribution in [0.25, 0.3) is 0 Å². The fourth-order valence-electron chi connectivity index (χ4n) is 2.37. The van der Waals surface area contributed by atoms with E-state index in [0.29, 0.717) is 41.0 Å². The van der Waals surface area contributed by atoms with Gasteiger partial charge in [-0.15, -0.1) is 0 Å². The number of aromatic nitrogens is 1. The second kappa shape index (κ2) is 8.61. The van der Waals surface area contributed by atoms with E-state index < -0.39 is 29.8 Å². The van der Waals surface area contributed by atoms with Gasteiger partial charge in [0.15, 0.2) is 0 Å². The summed E-state index contributed by atoms with van der Waals surface area (Å²) in [7, 11) is 0. The zero-order valence-corrected chi connectivity index (χ0v) is 14.8. The molecular weight excluding hydrogens is 365 g/mol. The molecule has 146 valence electrons. The molecule has 0 spiro atoms. The van der Waals surface area contributed by atoms with E-state index in [-0.39, 0.29) is 0 Å². The van der Waals surface area contributed by atoms with Crippen molar-refractivity contribution in [1.29, 1.82) is 0 Å². The highest BCUT2D eigenvalue weighted by molar-refractivity contribution is 5.92. The molecule has 1 aromatic heterocycles. The van der Waals surface area contributed by atoms with Gasteiger partial charge in [-0.2, -0.15) is 13.2 Å². The number of rotatable bonds is 7. The highest BCUT2D eigenvalue weighted by Crippen LogP contribution is 2.29. The number of benzene rings is 1. The number of pyridine rings is 1. The van der Waals surface area contributed by atoms with Crippen molar-refractivity contribution in [2.45, 2.75) is 26.6 Å². The number of hydrogen-bond donors (Lipinski definition) is 1. The topological polar surface area (TPSA) is 69.6 Å². The molecule has 27 heavy (non-hydrogen) atoms. The van der Waals surface area contributed by atoms with Gasteiger partial charge in [0.1, 0.15) is 23.6 Å². The lowest BCUT2D eigenvalue weighted by Gasteiger charge is -2.14. The lowest BCUT2D eigenvalue weighted by Crippen LogP contribution is -2.32. The molecule has 0 saturated carbocycles. The van der Waals surface area contributed by atoms with Gasteiger partial charge in [-0.05, 0) is 38.1 Å². The normalized spacial score (nSPS) is 11.1. The number of nitrogens with one attached hydrogen (secondary N) is 1.